The quantitative estimate of drug-likeness (QED) is 0.795. The standard InChI is InChI=1S/C16H15ClN2O2/c1-9-6-10-4-5-19(14(10)8-13(9)18)16(21)12-7-11(17)2-3-15(12)20/h2-3,6-8,20H,4-5,18H2,1H3. The molecule has 2 aromatic carbocycles. The molecular formula is C16H15ClN2O2. The van der Waals surface area contributed by atoms with Gasteiger partial charge >= 0.3 is 0 Å². The maximum atomic E-state index is 12.6. The number of rotatable bonds is 1. The van der Waals surface area contributed by atoms with Gasteiger partial charge in [0, 0.05) is 22.9 Å². The van der Waals surface area contributed by atoms with Crippen molar-refractivity contribution in [1.29, 1.82) is 0 Å². The molecule has 0 aromatic heterocycles. The van der Waals surface area contributed by atoms with E-state index in [4.69, 9.17) is 17.3 Å². The Morgan fingerprint density at radius 1 is 1.33 bits per heavy atom. The van der Waals surface area contributed by atoms with Gasteiger partial charge in [0.2, 0.25) is 0 Å². The van der Waals surface area contributed by atoms with Crippen LogP contribution in [0.3, 0.4) is 0 Å². The van der Waals surface area contributed by atoms with Gasteiger partial charge in [-0.25, -0.2) is 0 Å². The molecule has 0 radical (unpaired) electrons. The van der Waals surface area contributed by atoms with Crippen molar-refractivity contribution < 1.29 is 9.90 Å². The second-order valence-electron chi connectivity index (χ2n) is 5.21. The molecule has 1 amide bonds. The number of nitrogens with two attached hydrogens (primary N) is 1. The number of carbonyl (C=O) groups is 1. The Bertz CT molecular complexity index is 743. The van der Waals surface area contributed by atoms with Crippen LogP contribution in [0.15, 0.2) is 30.3 Å². The van der Waals surface area contributed by atoms with E-state index < -0.39 is 0 Å². The van der Waals surface area contributed by atoms with E-state index in [1.165, 1.54) is 12.1 Å². The van der Waals surface area contributed by atoms with E-state index in [0.717, 1.165) is 23.2 Å². The number of amides is 1. The molecule has 21 heavy (non-hydrogen) atoms. The number of hydrogen-bond acceptors (Lipinski definition) is 3. The molecule has 5 heteroatoms. The van der Waals surface area contributed by atoms with Crippen molar-refractivity contribution in [1.82, 2.24) is 0 Å². The fourth-order valence-corrected chi connectivity index (χ4v) is 2.78. The predicted molar refractivity (Wildman–Crippen MR) is 84.1 cm³/mol. The molecule has 1 aliphatic rings. The Labute approximate surface area is 127 Å². The van der Waals surface area contributed by atoms with Crippen molar-refractivity contribution in [2.45, 2.75) is 13.3 Å². The number of aryl methyl sites for hydroxylation is 1. The lowest BCUT2D eigenvalue weighted by Crippen LogP contribution is -2.29. The van der Waals surface area contributed by atoms with Gasteiger partial charge in [0.15, 0.2) is 0 Å². The topological polar surface area (TPSA) is 66.6 Å². The molecule has 0 unspecified atom stereocenters. The fraction of sp³-hybridized carbons (Fsp3) is 0.188. The highest BCUT2D eigenvalue weighted by atomic mass is 35.5. The van der Waals surface area contributed by atoms with Crippen LogP contribution in [0.2, 0.25) is 5.02 Å². The number of hydrogen-bond donors (Lipinski definition) is 2. The van der Waals surface area contributed by atoms with Crippen molar-refractivity contribution in [3.05, 3.63) is 52.0 Å². The highest BCUT2D eigenvalue weighted by Crippen LogP contribution is 2.34. The van der Waals surface area contributed by atoms with Gasteiger partial charge in [0.05, 0.1) is 5.56 Å². The number of phenolic OH excluding ortho intramolecular Hbond substituents is 1. The van der Waals surface area contributed by atoms with Crippen LogP contribution < -0.4 is 10.6 Å². The average Bonchev–Trinajstić information content (AvgIpc) is 2.84. The molecule has 2 aromatic rings. The fourth-order valence-electron chi connectivity index (χ4n) is 2.61. The number of phenols is 1. The van der Waals surface area contributed by atoms with E-state index in [9.17, 15) is 9.90 Å². The SMILES string of the molecule is Cc1cc2c(cc1N)N(C(=O)c1cc(Cl)ccc1O)CC2. The van der Waals surface area contributed by atoms with E-state index in [0.29, 0.717) is 17.3 Å². The van der Waals surface area contributed by atoms with E-state index >= 15 is 0 Å². The first kappa shape index (κ1) is 13.8. The molecule has 0 fully saturated rings. The third-order valence-electron chi connectivity index (χ3n) is 3.80. The van der Waals surface area contributed by atoms with E-state index in [1.54, 1.807) is 11.0 Å². The molecule has 3 rings (SSSR count). The Kier molecular flexibility index (Phi) is 3.26. The van der Waals surface area contributed by atoms with Gasteiger partial charge in [-0.15, -0.1) is 0 Å². The number of nitrogen functional groups attached to an aromatic ring is 1. The number of benzene rings is 2. The molecule has 0 atom stereocenters. The molecule has 0 spiro atoms. The number of nitrogens with zero attached hydrogens (tertiary/aromatic N) is 1. The number of carbonyl (C=O) groups excluding carboxylic acids is 1. The van der Waals surface area contributed by atoms with Gasteiger partial charge in [0.1, 0.15) is 5.75 Å². The minimum Gasteiger partial charge on any atom is -0.507 e. The molecule has 0 saturated carbocycles. The number of aromatic hydroxyl groups is 1. The van der Waals surface area contributed by atoms with E-state index in [-0.39, 0.29) is 17.2 Å². The van der Waals surface area contributed by atoms with Crippen molar-refractivity contribution >= 4 is 28.9 Å². The molecule has 4 nitrogen and oxygen atoms in total. The Balaban J connectivity index is 2.02. The third-order valence-corrected chi connectivity index (χ3v) is 4.03. The predicted octanol–water partition coefficient (Wildman–Crippen LogP) is 3.14. The Morgan fingerprint density at radius 3 is 2.86 bits per heavy atom. The summed E-state index contributed by atoms with van der Waals surface area (Å²) in [7, 11) is 0. The summed E-state index contributed by atoms with van der Waals surface area (Å²) in [5, 5.41) is 10.3. The largest absolute Gasteiger partial charge is 0.507 e. The summed E-state index contributed by atoms with van der Waals surface area (Å²) in [6.07, 6.45) is 0.781. The first-order chi connectivity index (χ1) is 9.97. The monoisotopic (exact) mass is 302 g/mol. The van der Waals surface area contributed by atoms with Crippen LogP contribution in [0.1, 0.15) is 21.5 Å². The molecule has 1 aliphatic heterocycles. The van der Waals surface area contributed by atoms with Crippen LogP contribution in [0.5, 0.6) is 5.75 Å². The molecule has 3 N–H and O–H groups in total. The van der Waals surface area contributed by atoms with Crippen LogP contribution in [0.25, 0.3) is 0 Å². The van der Waals surface area contributed by atoms with Gasteiger partial charge in [-0.1, -0.05) is 17.7 Å². The van der Waals surface area contributed by atoms with Crippen molar-refractivity contribution in [2.75, 3.05) is 17.2 Å². The van der Waals surface area contributed by atoms with Gasteiger partial charge in [-0.2, -0.15) is 0 Å². The minimum atomic E-state index is -0.267. The zero-order valence-electron chi connectivity index (χ0n) is 11.6. The summed E-state index contributed by atoms with van der Waals surface area (Å²) in [5.74, 6) is -0.338. The summed E-state index contributed by atoms with van der Waals surface area (Å²) in [6, 6.07) is 8.28. The maximum Gasteiger partial charge on any atom is 0.262 e. The molecule has 108 valence electrons. The number of halogens is 1. The van der Waals surface area contributed by atoms with Gasteiger partial charge in [-0.05, 0) is 48.7 Å². The zero-order chi connectivity index (χ0) is 15.1. The first-order valence-corrected chi connectivity index (χ1v) is 7.04. The second-order valence-corrected chi connectivity index (χ2v) is 5.64. The minimum absolute atomic E-state index is 0.0714. The average molecular weight is 303 g/mol. The normalized spacial score (nSPS) is 13.3. The first-order valence-electron chi connectivity index (χ1n) is 6.67. The summed E-state index contributed by atoms with van der Waals surface area (Å²) in [5.41, 5.74) is 9.71. The second kappa shape index (κ2) is 4.97. The van der Waals surface area contributed by atoms with Crippen LogP contribution in [-0.4, -0.2) is 17.6 Å². The van der Waals surface area contributed by atoms with Crippen molar-refractivity contribution in [2.24, 2.45) is 0 Å². The summed E-state index contributed by atoms with van der Waals surface area (Å²) >= 11 is 5.91. The third kappa shape index (κ3) is 2.32. The zero-order valence-corrected chi connectivity index (χ0v) is 12.3. The molecule has 0 bridgehead atoms. The summed E-state index contributed by atoms with van der Waals surface area (Å²) < 4.78 is 0. The van der Waals surface area contributed by atoms with E-state index in [2.05, 4.69) is 0 Å². The molecule has 0 aliphatic carbocycles. The van der Waals surface area contributed by atoms with Crippen LogP contribution >= 0.6 is 11.6 Å². The lowest BCUT2D eigenvalue weighted by atomic mass is 10.1. The lowest BCUT2D eigenvalue weighted by Gasteiger charge is -2.19. The van der Waals surface area contributed by atoms with Crippen LogP contribution in [0, 0.1) is 6.92 Å². The van der Waals surface area contributed by atoms with Crippen LogP contribution in [0.4, 0.5) is 11.4 Å². The van der Waals surface area contributed by atoms with Gasteiger partial charge < -0.3 is 15.7 Å². The van der Waals surface area contributed by atoms with E-state index in [1.807, 2.05) is 19.1 Å². The molecule has 1 heterocycles. The van der Waals surface area contributed by atoms with Gasteiger partial charge in [0.25, 0.3) is 5.91 Å². The smallest absolute Gasteiger partial charge is 0.262 e. The maximum absolute atomic E-state index is 12.6. The molecular weight excluding hydrogens is 288 g/mol. The summed E-state index contributed by atoms with van der Waals surface area (Å²) in [6.45, 7) is 2.52. The van der Waals surface area contributed by atoms with Gasteiger partial charge in [-0.3, -0.25) is 4.79 Å². The Morgan fingerprint density at radius 2 is 2.10 bits per heavy atom. The lowest BCUT2D eigenvalue weighted by molar-refractivity contribution is 0.0987. The van der Waals surface area contributed by atoms with Crippen molar-refractivity contribution in [3.8, 4) is 5.75 Å². The number of fused-ring (bicyclic) bond motifs is 1. The highest BCUT2D eigenvalue weighted by molar-refractivity contribution is 6.31. The Hall–Kier alpha value is -2.20. The van der Waals surface area contributed by atoms with Crippen molar-refractivity contribution in [3.63, 3.8) is 0 Å². The van der Waals surface area contributed by atoms with Crippen LogP contribution in [-0.2, 0) is 6.42 Å². The highest BCUT2D eigenvalue weighted by Gasteiger charge is 2.27. The molecule has 0 saturated heterocycles. The summed E-state index contributed by atoms with van der Waals surface area (Å²) in [4.78, 5) is 14.3. The number of anilines is 2.